The van der Waals surface area contributed by atoms with Crippen LogP contribution in [-0.2, 0) is 4.74 Å². The van der Waals surface area contributed by atoms with Crippen LogP contribution in [0.25, 0.3) is 0 Å². The van der Waals surface area contributed by atoms with E-state index in [1.54, 1.807) is 0 Å². The molecule has 0 spiro atoms. The number of carbonyl (C=O) groups is 1. The monoisotopic (exact) mass is 185 g/mol. The molecule has 13 heavy (non-hydrogen) atoms. The average Bonchev–Trinajstić information content (AvgIpc) is 2.18. The number of piperidine rings is 1. The van der Waals surface area contributed by atoms with Crippen molar-refractivity contribution in [1.82, 2.24) is 4.90 Å². The highest BCUT2D eigenvalue weighted by Gasteiger charge is 2.26. The van der Waals surface area contributed by atoms with E-state index in [0.29, 0.717) is 6.04 Å². The zero-order valence-corrected chi connectivity index (χ0v) is 8.58. The number of hydrogen-bond donors (Lipinski definition) is 0. The van der Waals surface area contributed by atoms with Crippen molar-refractivity contribution in [2.24, 2.45) is 0 Å². The van der Waals surface area contributed by atoms with E-state index in [9.17, 15) is 4.79 Å². The van der Waals surface area contributed by atoms with Crippen molar-refractivity contribution in [1.29, 1.82) is 0 Å². The van der Waals surface area contributed by atoms with Crippen molar-refractivity contribution in [3.8, 4) is 0 Å². The van der Waals surface area contributed by atoms with E-state index in [1.165, 1.54) is 13.5 Å². The van der Waals surface area contributed by atoms with Crippen molar-refractivity contribution in [2.75, 3.05) is 13.7 Å². The van der Waals surface area contributed by atoms with Crippen LogP contribution in [-0.4, -0.2) is 30.7 Å². The van der Waals surface area contributed by atoms with Gasteiger partial charge in [-0.1, -0.05) is 13.3 Å². The normalized spacial score (nSPS) is 22.9. The topological polar surface area (TPSA) is 29.5 Å². The first-order valence-corrected chi connectivity index (χ1v) is 5.14. The quantitative estimate of drug-likeness (QED) is 0.661. The number of hydrogen-bond acceptors (Lipinski definition) is 2. The molecule has 1 rings (SSSR count). The maximum atomic E-state index is 11.4. The number of likely N-dealkylation sites (tertiary alicyclic amines) is 1. The van der Waals surface area contributed by atoms with E-state index in [-0.39, 0.29) is 6.09 Å². The van der Waals surface area contributed by atoms with Crippen molar-refractivity contribution in [3.05, 3.63) is 0 Å². The summed E-state index contributed by atoms with van der Waals surface area (Å²) in [6.45, 7) is 3.03. The van der Waals surface area contributed by atoms with Crippen LogP contribution in [0.4, 0.5) is 4.79 Å². The number of amides is 1. The number of methoxy groups -OCH3 is 1. The van der Waals surface area contributed by atoms with Crippen molar-refractivity contribution < 1.29 is 9.53 Å². The van der Waals surface area contributed by atoms with Gasteiger partial charge in [-0.2, -0.15) is 0 Å². The Morgan fingerprint density at radius 2 is 2.31 bits per heavy atom. The molecule has 1 aliphatic rings. The zero-order chi connectivity index (χ0) is 9.68. The first-order chi connectivity index (χ1) is 6.29. The Morgan fingerprint density at radius 1 is 1.54 bits per heavy atom. The Kier molecular flexibility index (Phi) is 4.06. The molecule has 1 atom stereocenters. The van der Waals surface area contributed by atoms with Crippen LogP contribution in [0.1, 0.15) is 39.0 Å². The summed E-state index contributed by atoms with van der Waals surface area (Å²) in [5, 5.41) is 0. The van der Waals surface area contributed by atoms with Gasteiger partial charge in [0.1, 0.15) is 0 Å². The van der Waals surface area contributed by atoms with Crippen LogP contribution < -0.4 is 0 Å². The first-order valence-electron chi connectivity index (χ1n) is 5.14. The summed E-state index contributed by atoms with van der Waals surface area (Å²) in [6, 6.07) is 0.422. The van der Waals surface area contributed by atoms with E-state index in [0.717, 1.165) is 32.2 Å². The van der Waals surface area contributed by atoms with E-state index >= 15 is 0 Å². The van der Waals surface area contributed by atoms with Crippen LogP contribution in [0.15, 0.2) is 0 Å². The highest BCUT2D eigenvalue weighted by molar-refractivity contribution is 5.67. The van der Waals surface area contributed by atoms with Gasteiger partial charge < -0.3 is 9.64 Å². The summed E-state index contributed by atoms with van der Waals surface area (Å²) in [7, 11) is 1.46. The fourth-order valence-electron chi connectivity index (χ4n) is 1.99. The number of carbonyl (C=O) groups excluding carboxylic acids is 1. The number of nitrogens with zero attached hydrogens (tertiary/aromatic N) is 1. The van der Waals surface area contributed by atoms with E-state index in [1.807, 2.05) is 4.90 Å². The summed E-state index contributed by atoms with van der Waals surface area (Å²) in [5.41, 5.74) is 0. The maximum absolute atomic E-state index is 11.4. The van der Waals surface area contributed by atoms with Gasteiger partial charge in [-0.25, -0.2) is 4.79 Å². The third kappa shape index (κ3) is 2.61. The molecular weight excluding hydrogens is 166 g/mol. The number of ether oxygens (including phenoxy) is 1. The Balaban J connectivity index is 2.50. The van der Waals surface area contributed by atoms with Gasteiger partial charge in [-0.15, -0.1) is 0 Å². The fourth-order valence-corrected chi connectivity index (χ4v) is 1.99. The SMILES string of the molecule is CCC[C@H]1CCCCN1C(=O)OC. The second-order valence-corrected chi connectivity index (χ2v) is 3.60. The van der Waals surface area contributed by atoms with Gasteiger partial charge in [0.2, 0.25) is 0 Å². The standard InChI is InChI=1S/C10H19NO2/c1-3-6-9-7-4-5-8-11(9)10(12)13-2/h9H,3-8H2,1-2H3/t9-/m0/s1. The molecule has 76 valence electrons. The first kappa shape index (κ1) is 10.4. The molecule has 1 saturated heterocycles. The van der Waals surface area contributed by atoms with Crippen LogP contribution in [0.3, 0.4) is 0 Å². The lowest BCUT2D eigenvalue weighted by molar-refractivity contribution is 0.0867. The van der Waals surface area contributed by atoms with E-state index < -0.39 is 0 Å². The van der Waals surface area contributed by atoms with Crippen molar-refractivity contribution in [3.63, 3.8) is 0 Å². The molecule has 3 nitrogen and oxygen atoms in total. The van der Waals surface area contributed by atoms with Gasteiger partial charge in [-0.3, -0.25) is 0 Å². The Labute approximate surface area is 80.1 Å². The van der Waals surface area contributed by atoms with Gasteiger partial charge in [0.05, 0.1) is 7.11 Å². The predicted molar refractivity (Wildman–Crippen MR) is 51.7 cm³/mol. The highest BCUT2D eigenvalue weighted by atomic mass is 16.5. The maximum Gasteiger partial charge on any atom is 0.409 e. The minimum absolute atomic E-state index is 0.154. The lowest BCUT2D eigenvalue weighted by Crippen LogP contribution is -2.43. The van der Waals surface area contributed by atoms with Crippen LogP contribution in [0.2, 0.25) is 0 Å². The van der Waals surface area contributed by atoms with E-state index in [4.69, 9.17) is 4.74 Å². The molecule has 1 fully saturated rings. The van der Waals surface area contributed by atoms with Crippen LogP contribution in [0, 0.1) is 0 Å². The number of rotatable bonds is 2. The lowest BCUT2D eigenvalue weighted by atomic mass is 9.99. The zero-order valence-electron chi connectivity index (χ0n) is 8.58. The largest absolute Gasteiger partial charge is 0.453 e. The van der Waals surface area contributed by atoms with Gasteiger partial charge in [0, 0.05) is 12.6 Å². The van der Waals surface area contributed by atoms with Crippen molar-refractivity contribution >= 4 is 6.09 Å². The second-order valence-electron chi connectivity index (χ2n) is 3.60. The third-order valence-electron chi connectivity index (χ3n) is 2.66. The molecule has 1 aliphatic heterocycles. The second kappa shape index (κ2) is 5.10. The Morgan fingerprint density at radius 3 is 2.92 bits per heavy atom. The Hall–Kier alpha value is -0.730. The molecule has 0 radical (unpaired) electrons. The minimum Gasteiger partial charge on any atom is -0.453 e. The van der Waals surface area contributed by atoms with Crippen molar-refractivity contribution in [2.45, 2.75) is 45.1 Å². The summed E-state index contributed by atoms with van der Waals surface area (Å²) < 4.78 is 4.75. The predicted octanol–water partition coefficient (Wildman–Crippen LogP) is 2.41. The molecule has 1 amide bonds. The molecule has 1 heterocycles. The molecule has 0 aromatic carbocycles. The van der Waals surface area contributed by atoms with Gasteiger partial charge >= 0.3 is 6.09 Å². The lowest BCUT2D eigenvalue weighted by Gasteiger charge is -2.34. The molecule has 3 heteroatoms. The molecule has 0 saturated carbocycles. The molecule has 0 aromatic rings. The molecule has 0 bridgehead atoms. The Bertz CT molecular complexity index is 168. The van der Waals surface area contributed by atoms with Gasteiger partial charge in [-0.05, 0) is 25.7 Å². The third-order valence-corrected chi connectivity index (χ3v) is 2.66. The van der Waals surface area contributed by atoms with Crippen LogP contribution >= 0.6 is 0 Å². The minimum atomic E-state index is -0.154. The van der Waals surface area contributed by atoms with Gasteiger partial charge in [0.25, 0.3) is 0 Å². The molecule has 0 aromatic heterocycles. The smallest absolute Gasteiger partial charge is 0.409 e. The average molecular weight is 185 g/mol. The summed E-state index contributed by atoms with van der Waals surface area (Å²) >= 11 is 0. The highest BCUT2D eigenvalue weighted by Crippen LogP contribution is 2.21. The summed E-state index contributed by atoms with van der Waals surface area (Å²) in [4.78, 5) is 13.2. The van der Waals surface area contributed by atoms with Crippen LogP contribution in [0.5, 0.6) is 0 Å². The molecule has 0 unspecified atom stereocenters. The molecule has 0 N–H and O–H groups in total. The summed E-state index contributed by atoms with van der Waals surface area (Å²) in [6.07, 6.45) is 5.60. The van der Waals surface area contributed by atoms with E-state index in [2.05, 4.69) is 6.92 Å². The fraction of sp³-hybridized carbons (Fsp3) is 0.900. The summed E-state index contributed by atoms with van der Waals surface area (Å²) in [5.74, 6) is 0. The molecule has 0 aliphatic carbocycles. The van der Waals surface area contributed by atoms with Gasteiger partial charge in [0.15, 0.2) is 0 Å². The molecular formula is C10H19NO2.